The summed E-state index contributed by atoms with van der Waals surface area (Å²) >= 11 is 0. The van der Waals surface area contributed by atoms with Crippen LogP contribution in [0.3, 0.4) is 0 Å². The highest BCUT2D eigenvalue weighted by molar-refractivity contribution is 5.97. The average molecular weight is 454 g/mol. The second kappa shape index (κ2) is 9.05. The zero-order valence-corrected chi connectivity index (χ0v) is 19.7. The molecule has 0 bridgehead atoms. The summed E-state index contributed by atoms with van der Waals surface area (Å²) in [5.74, 6) is 0.534. The van der Waals surface area contributed by atoms with Crippen LogP contribution in [0.2, 0.25) is 0 Å². The zero-order valence-electron chi connectivity index (χ0n) is 19.7. The lowest BCUT2D eigenvalue weighted by atomic mass is 9.89. The van der Waals surface area contributed by atoms with Crippen LogP contribution in [0, 0.1) is 5.82 Å². The monoisotopic (exact) mass is 453 g/mol. The number of carbonyl (C=O) groups is 1. The summed E-state index contributed by atoms with van der Waals surface area (Å²) in [4.78, 5) is 24.1. The standard InChI is InChI=1S/C24H32FN7O/c1-5-20(33)16-7-6-8-19(25)17(16)13-27-22-30-23(31-11-9-15(26)10-12-31)29-21-18(24(2,3)4)14-28-32(21)22/h6-8,14-15H,5,9-13,26H2,1-4H3,(H,27,29,30). The van der Waals surface area contributed by atoms with Gasteiger partial charge in [0.25, 0.3) is 0 Å². The van der Waals surface area contributed by atoms with Crippen LogP contribution in [0.15, 0.2) is 24.4 Å². The highest BCUT2D eigenvalue weighted by atomic mass is 19.1. The van der Waals surface area contributed by atoms with Crippen molar-refractivity contribution < 1.29 is 9.18 Å². The molecule has 3 N–H and O–H groups in total. The normalized spacial score (nSPS) is 15.3. The second-order valence-electron chi connectivity index (χ2n) is 9.61. The number of ketones is 1. The molecule has 33 heavy (non-hydrogen) atoms. The molecule has 0 amide bonds. The minimum atomic E-state index is -0.423. The van der Waals surface area contributed by atoms with Crippen LogP contribution >= 0.6 is 0 Å². The highest BCUT2D eigenvalue weighted by Crippen LogP contribution is 2.29. The lowest BCUT2D eigenvalue weighted by molar-refractivity contribution is 0.0986. The van der Waals surface area contributed by atoms with Crippen molar-refractivity contribution in [2.75, 3.05) is 23.3 Å². The van der Waals surface area contributed by atoms with Crippen molar-refractivity contribution in [3.05, 3.63) is 46.9 Å². The highest BCUT2D eigenvalue weighted by Gasteiger charge is 2.25. The minimum absolute atomic E-state index is 0.0985. The van der Waals surface area contributed by atoms with Crippen LogP contribution in [0.25, 0.3) is 5.65 Å². The van der Waals surface area contributed by atoms with Gasteiger partial charge < -0.3 is 16.0 Å². The number of piperidine rings is 1. The van der Waals surface area contributed by atoms with E-state index in [0.29, 0.717) is 35.1 Å². The van der Waals surface area contributed by atoms with E-state index in [1.165, 1.54) is 6.07 Å². The summed E-state index contributed by atoms with van der Waals surface area (Å²) in [6, 6.07) is 4.79. The van der Waals surface area contributed by atoms with Gasteiger partial charge in [0.1, 0.15) is 5.82 Å². The molecule has 0 spiro atoms. The summed E-state index contributed by atoms with van der Waals surface area (Å²) in [6.07, 6.45) is 3.87. The number of nitrogens with zero attached hydrogens (tertiary/aromatic N) is 5. The Morgan fingerprint density at radius 2 is 1.97 bits per heavy atom. The molecule has 2 aromatic heterocycles. The minimum Gasteiger partial charge on any atom is -0.350 e. The number of Topliss-reactive ketones (excluding diaryl/α,β-unsaturated/α-hetero) is 1. The first-order valence-electron chi connectivity index (χ1n) is 11.5. The SMILES string of the molecule is CCC(=O)c1cccc(F)c1CNc1nc(N2CCC(N)CC2)nc2c(C(C)(C)C)cnn12. The number of rotatable bonds is 6. The van der Waals surface area contributed by atoms with E-state index in [0.717, 1.165) is 31.5 Å². The molecule has 3 heterocycles. The van der Waals surface area contributed by atoms with Crippen LogP contribution in [0.1, 0.15) is 68.4 Å². The van der Waals surface area contributed by atoms with Crippen molar-refractivity contribution in [1.29, 1.82) is 0 Å². The first-order valence-corrected chi connectivity index (χ1v) is 11.5. The van der Waals surface area contributed by atoms with E-state index in [4.69, 9.17) is 15.7 Å². The smallest absolute Gasteiger partial charge is 0.230 e. The third kappa shape index (κ3) is 4.68. The van der Waals surface area contributed by atoms with Gasteiger partial charge in [-0.25, -0.2) is 4.39 Å². The molecule has 1 aliphatic heterocycles. The van der Waals surface area contributed by atoms with Gasteiger partial charge in [0.05, 0.1) is 6.20 Å². The molecule has 1 fully saturated rings. The van der Waals surface area contributed by atoms with Crippen LogP contribution < -0.4 is 16.0 Å². The van der Waals surface area contributed by atoms with Crippen molar-refractivity contribution >= 4 is 23.3 Å². The topological polar surface area (TPSA) is 101 Å². The average Bonchev–Trinajstić information content (AvgIpc) is 3.22. The lowest BCUT2D eigenvalue weighted by Gasteiger charge is -2.30. The summed E-state index contributed by atoms with van der Waals surface area (Å²) in [5, 5.41) is 7.74. The number of nitrogens with one attached hydrogen (secondary N) is 1. The van der Waals surface area contributed by atoms with Crippen molar-refractivity contribution in [1.82, 2.24) is 19.6 Å². The molecular weight excluding hydrogens is 421 g/mol. The largest absolute Gasteiger partial charge is 0.350 e. The molecule has 0 unspecified atom stereocenters. The van der Waals surface area contributed by atoms with E-state index in [1.54, 1.807) is 29.8 Å². The predicted octanol–water partition coefficient (Wildman–Crippen LogP) is 3.69. The van der Waals surface area contributed by atoms with Gasteiger partial charge in [-0.05, 0) is 24.3 Å². The number of anilines is 2. The number of hydrogen-bond acceptors (Lipinski definition) is 7. The third-order valence-corrected chi connectivity index (χ3v) is 6.15. The van der Waals surface area contributed by atoms with Gasteiger partial charge in [-0.2, -0.15) is 19.6 Å². The Morgan fingerprint density at radius 1 is 1.24 bits per heavy atom. The fourth-order valence-corrected chi connectivity index (χ4v) is 4.11. The van der Waals surface area contributed by atoms with Crippen molar-refractivity contribution in [3.63, 3.8) is 0 Å². The molecule has 1 aromatic carbocycles. The zero-order chi connectivity index (χ0) is 23.8. The van der Waals surface area contributed by atoms with E-state index < -0.39 is 5.82 Å². The Labute approximate surface area is 193 Å². The van der Waals surface area contributed by atoms with Gasteiger partial charge in [0, 0.05) is 48.8 Å². The van der Waals surface area contributed by atoms with E-state index in [9.17, 15) is 9.18 Å². The summed E-state index contributed by atoms with van der Waals surface area (Å²) < 4.78 is 16.3. The maximum atomic E-state index is 14.7. The van der Waals surface area contributed by atoms with Crippen LogP contribution in [0.5, 0.6) is 0 Å². The molecule has 1 aliphatic rings. The molecule has 0 atom stereocenters. The molecular formula is C24H32FN7O. The number of halogens is 1. The molecule has 8 nitrogen and oxygen atoms in total. The van der Waals surface area contributed by atoms with Crippen LogP contribution in [-0.4, -0.2) is 44.5 Å². The Hall–Kier alpha value is -3.07. The van der Waals surface area contributed by atoms with Crippen LogP contribution in [0.4, 0.5) is 16.3 Å². The Morgan fingerprint density at radius 3 is 2.64 bits per heavy atom. The lowest BCUT2D eigenvalue weighted by Crippen LogP contribution is -2.40. The Kier molecular flexibility index (Phi) is 6.34. The molecule has 9 heteroatoms. The first-order chi connectivity index (χ1) is 15.7. The molecule has 0 saturated carbocycles. The van der Waals surface area contributed by atoms with Gasteiger partial charge in [-0.1, -0.05) is 39.8 Å². The van der Waals surface area contributed by atoms with Gasteiger partial charge in [-0.15, -0.1) is 0 Å². The Balaban J connectivity index is 1.74. The van der Waals surface area contributed by atoms with Crippen molar-refractivity contribution in [3.8, 4) is 0 Å². The van der Waals surface area contributed by atoms with E-state index in [2.05, 4.69) is 36.1 Å². The van der Waals surface area contributed by atoms with E-state index in [-0.39, 0.29) is 23.8 Å². The second-order valence-corrected chi connectivity index (χ2v) is 9.61. The number of nitrogens with two attached hydrogens (primary N) is 1. The Bertz CT molecular complexity index is 1160. The third-order valence-electron chi connectivity index (χ3n) is 6.15. The molecule has 1 saturated heterocycles. The van der Waals surface area contributed by atoms with Gasteiger partial charge in [0.2, 0.25) is 11.9 Å². The fourth-order valence-electron chi connectivity index (χ4n) is 4.11. The quantitative estimate of drug-likeness (QED) is 0.549. The van der Waals surface area contributed by atoms with Crippen LogP contribution in [-0.2, 0) is 12.0 Å². The van der Waals surface area contributed by atoms with Gasteiger partial charge >= 0.3 is 0 Å². The van der Waals surface area contributed by atoms with Gasteiger partial charge in [0.15, 0.2) is 11.4 Å². The molecule has 176 valence electrons. The number of fused-ring (bicyclic) bond motifs is 1. The maximum Gasteiger partial charge on any atom is 0.230 e. The predicted molar refractivity (Wildman–Crippen MR) is 127 cm³/mol. The summed E-state index contributed by atoms with van der Waals surface area (Å²) in [6.45, 7) is 9.76. The fraction of sp³-hybridized carbons (Fsp3) is 0.500. The number of carbonyl (C=O) groups excluding carboxylic acids is 1. The van der Waals surface area contributed by atoms with Crippen molar-refractivity contribution in [2.24, 2.45) is 5.73 Å². The molecule has 4 rings (SSSR count). The summed E-state index contributed by atoms with van der Waals surface area (Å²) in [5.41, 5.74) is 8.33. The summed E-state index contributed by atoms with van der Waals surface area (Å²) in [7, 11) is 0. The molecule has 0 radical (unpaired) electrons. The van der Waals surface area contributed by atoms with E-state index >= 15 is 0 Å². The molecule has 0 aliphatic carbocycles. The van der Waals surface area contributed by atoms with Crippen molar-refractivity contribution in [2.45, 2.75) is 65.0 Å². The maximum absolute atomic E-state index is 14.7. The van der Waals surface area contributed by atoms with E-state index in [1.807, 2.05) is 0 Å². The van der Waals surface area contributed by atoms with Gasteiger partial charge in [-0.3, -0.25) is 4.79 Å². The number of hydrogen-bond donors (Lipinski definition) is 2. The molecule has 3 aromatic rings. The number of aromatic nitrogens is 4. The first kappa shape index (κ1) is 23.1. The number of benzene rings is 1.